The monoisotopic (exact) mass is 304 g/mol. The van der Waals surface area contributed by atoms with Gasteiger partial charge < -0.3 is 20.3 Å². The van der Waals surface area contributed by atoms with Crippen LogP contribution in [0.2, 0.25) is 0 Å². The van der Waals surface area contributed by atoms with Crippen molar-refractivity contribution in [1.29, 1.82) is 0 Å². The smallest absolute Gasteiger partial charge is 0.191 e. The standard InChI is InChI=1S/C17H28N4O/c1-13-11-15(13)20-17(18-2)19-12-14-7-5-6-8-16(14)21(3)9-10-22-4/h5-8,13,15H,9-12H2,1-4H3,(H2,18,19,20). The van der Waals surface area contributed by atoms with Crippen molar-refractivity contribution in [3.8, 4) is 0 Å². The van der Waals surface area contributed by atoms with E-state index in [1.54, 1.807) is 7.11 Å². The molecule has 0 amide bonds. The molecule has 1 aromatic rings. The number of anilines is 1. The maximum atomic E-state index is 5.16. The Morgan fingerprint density at radius 1 is 1.41 bits per heavy atom. The van der Waals surface area contributed by atoms with E-state index in [1.807, 2.05) is 7.05 Å². The second-order valence-electron chi connectivity index (χ2n) is 5.93. The third kappa shape index (κ3) is 4.63. The van der Waals surface area contributed by atoms with Gasteiger partial charge in [0.05, 0.1) is 6.61 Å². The summed E-state index contributed by atoms with van der Waals surface area (Å²) in [5, 5.41) is 6.86. The Morgan fingerprint density at radius 3 is 2.77 bits per heavy atom. The lowest BCUT2D eigenvalue weighted by atomic mass is 10.1. The van der Waals surface area contributed by atoms with Crippen LogP contribution in [0, 0.1) is 5.92 Å². The van der Waals surface area contributed by atoms with Gasteiger partial charge in [0.15, 0.2) is 5.96 Å². The van der Waals surface area contributed by atoms with Crippen LogP contribution in [0.4, 0.5) is 5.69 Å². The first-order valence-electron chi connectivity index (χ1n) is 7.91. The first kappa shape index (κ1) is 16.6. The molecule has 5 heteroatoms. The van der Waals surface area contributed by atoms with Crippen LogP contribution in [0.3, 0.4) is 0 Å². The second-order valence-corrected chi connectivity index (χ2v) is 5.93. The van der Waals surface area contributed by atoms with Crippen molar-refractivity contribution in [3.05, 3.63) is 29.8 Å². The fraction of sp³-hybridized carbons (Fsp3) is 0.588. The molecule has 0 radical (unpaired) electrons. The molecule has 0 saturated heterocycles. The number of ether oxygens (including phenoxy) is 1. The van der Waals surface area contributed by atoms with E-state index < -0.39 is 0 Å². The van der Waals surface area contributed by atoms with E-state index >= 15 is 0 Å². The number of nitrogens with one attached hydrogen (secondary N) is 2. The van der Waals surface area contributed by atoms with Crippen molar-refractivity contribution in [3.63, 3.8) is 0 Å². The summed E-state index contributed by atoms with van der Waals surface area (Å²) in [7, 11) is 5.64. The average molecular weight is 304 g/mol. The summed E-state index contributed by atoms with van der Waals surface area (Å²) in [5.41, 5.74) is 2.48. The number of para-hydroxylation sites is 1. The molecule has 122 valence electrons. The van der Waals surface area contributed by atoms with Crippen LogP contribution in [-0.4, -0.2) is 46.4 Å². The molecule has 0 spiro atoms. The zero-order chi connectivity index (χ0) is 15.9. The van der Waals surface area contributed by atoms with Crippen LogP contribution < -0.4 is 15.5 Å². The topological polar surface area (TPSA) is 48.9 Å². The SMILES string of the molecule is CN=C(NCc1ccccc1N(C)CCOC)NC1CC1C. The third-order valence-electron chi connectivity index (χ3n) is 4.14. The predicted molar refractivity (Wildman–Crippen MR) is 92.5 cm³/mol. The Labute approximate surface area is 133 Å². The Kier molecular flexibility index (Phi) is 6.07. The summed E-state index contributed by atoms with van der Waals surface area (Å²) >= 11 is 0. The lowest BCUT2D eigenvalue weighted by Gasteiger charge is -2.22. The van der Waals surface area contributed by atoms with E-state index in [1.165, 1.54) is 17.7 Å². The highest BCUT2D eigenvalue weighted by atomic mass is 16.5. The highest BCUT2D eigenvalue weighted by Crippen LogP contribution is 2.28. The number of hydrogen-bond donors (Lipinski definition) is 2. The number of methoxy groups -OCH3 is 1. The van der Waals surface area contributed by atoms with Crippen LogP contribution in [0.25, 0.3) is 0 Å². The van der Waals surface area contributed by atoms with E-state index in [9.17, 15) is 0 Å². The number of guanidine groups is 1. The molecule has 0 aromatic heterocycles. The summed E-state index contributed by atoms with van der Waals surface area (Å²) in [5.74, 6) is 1.63. The Morgan fingerprint density at radius 2 is 2.14 bits per heavy atom. The maximum absolute atomic E-state index is 5.16. The minimum atomic E-state index is 0.575. The van der Waals surface area contributed by atoms with Crippen molar-refractivity contribution in [2.75, 3.05) is 39.3 Å². The summed E-state index contributed by atoms with van der Waals surface area (Å²) in [6, 6.07) is 9.01. The summed E-state index contributed by atoms with van der Waals surface area (Å²) in [4.78, 5) is 6.52. The highest BCUT2D eigenvalue weighted by molar-refractivity contribution is 5.80. The number of rotatable bonds is 7. The Hall–Kier alpha value is -1.75. The minimum absolute atomic E-state index is 0.575. The molecule has 0 heterocycles. The zero-order valence-corrected chi connectivity index (χ0v) is 14.1. The average Bonchev–Trinajstić information content (AvgIpc) is 3.24. The quantitative estimate of drug-likeness (QED) is 0.596. The van der Waals surface area contributed by atoms with Gasteiger partial charge in [0.25, 0.3) is 0 Å². The molecular formula is C17H28N4O. The number of nitrogens with zero attached hydrogens (tertiary/aromatic N) is 2. The Bertz CT molecular complexity index is 503. The largest absolute Gasteiger partial charge is 0.383 e. The molecule has 1 aliphatic carbocycles. The first-order valence-corrected chi connectivity index (χ1v) is 7.91. The van der Waals surface area contributed by atoms with Gasteiger partial charge in [0, 0.05) is 46.0 Å². The minimum Gasteiger partial charge on any atom is -0.383 e. The molecule has 0 aliphatic heterocycles. The summed E-state index contributed by atoms with van der Waals surface area (Å²) in [6.07, 6.45) is 1.23. The van der Waals surface area contributed by atoms with Gasteiger partial charge in [-0.15, -0.1) is 0 Å². The van der Waals surface area contributed by atoms with Crippen molar-refractivity contribution in [2.24, 2.45) is 10.9 Å². The fourth-order valence-electron chi connectivity index (χ4n) is 2.45. The lowest BCUT2D eigenvalue weighted by molar-refractivity contribution is 0.206. The van der Waals surface area contributed by atoms with Gasteiger partial charge in [0.1, 0.15) is 0 Å². The fourth-order valence-corrected chi connectivity index (χ4v) is 2.45. The molecular weight excluding hydrogens is 276 g/mol. The van der Waals surface area contributed by atoms with Gasteiger partial charge in [-0.2, -0.15) is 0 Å². The molecule has 5 nitrogen and oxygen atoms in total. The third-order valence-corrected chi connectivity index (χ3v) is 4.14. The predicted octanol–water partition coefficient (Wildman–Crippen LogP) is 1.84. The number of likely N-dealkylation sites (N-methyl/N-ethyl adjacent to an activating group) is 1. The number of benzene rings is 1. The molecule has 1 fully saturated rings. The van der Waals surface area contributed by atoms with Gasteiger partial charge in [0.2, 0.25) is 0 Å². The number of hydrogen-bond acceptors (Lipinski definition) is 3. The number of aliphatic imine (C=N–C) groups is 1. The van der Waals surface area contributed by atoms with E-state index in [0.29, 0.717) is 6.04 Å². The zero-order valence-electron chi connectivity index (χ0n) is 14.1. The maximum Gasteiger partial charge on any atom is 0.191 e. The van der Waals surface area contributed by atoms with Crippen molar-refractivity contribution in [2.45, 2.75) is 25.9 Å². The van der Waals surface area contributed by atoms with Crippen LogP contribution in [0.15, 0.2) is 29.3 Å². The van der Waals surface area contributed by atoms with Crippen molar-refractivity contribution in [1.82, 2.24) is 10.6 Å². The molecule has 2 atom stereocenters. The molecule has 2 unspecified atom stereocenters. The molecule has 2 rings (SSSR count). The van der Waals surface area contributed by atoms with Crippen molar-refractivity contribution < 1.29 is 4.74 Å². The molecule has 1 aliphatic rings. The van der Waals surface area contributed by atoms with E-state index in [2.05, 4.69) is 58.8 Å². The van der Waals surface area contributed by atoms with Gasteiger partial charge >= 0.3 is 0 Å². The van der Waals surface area contributed by atoms with Gasteiger partial charge in [-0.25, -0.2) is 0 Å². The van der Waals surface area contributed by atoms with E-state index in [0.717, 1.165) is 31.6 Å². The summed E-state index contributed by atoms with van der Waals surface area (Å²) in [6.45, 7) is 4.61. The normalized spacial score (nSPS) is 20.6. The van der Waals surface area contributed by atoms with Crippen molar-refractivity contribution >= 4 is 11.6 Å². The second kappa shape index (κ2) is 8.03. The van der Waals surface area contributed by atoms with E-state index in [4.69, 9.17) is 4.74 Å². The molecule has 0 bridgehead atoms. The molecule has 2 N–H and O–H groups in total. The van der Waals surface area contributed by atoms with Crippen LogP contribution in [-0.2, 0) is 11.3 Å². The van der Waals surface area contributed by atoms with Gasteiger partial charge in [-0.05, 0) is 24.0 Å². The Balaban J connectivity index is 1.93. The summed E-state index contributed by atoms with van der Waals surface area (Å²) < 4.78 is 5.16. The van der Waals surface area contributed by atoms with Crippen LogP contribution in [0.5, 0.6) is 0 Å². The molecule has 1 saturated carbocycles. The van der Waals surface area contributed by atoms with Crippen LogP contribution in [0.1, 0.15) is 18.9 Å². The molecule has 22 heavy (non-hydrogen) atoms. The lowest BCUT2D eigenvalue weighted by Crippen LogP contribution is -2.38. The molecule has 1 aromatic carbocycles. The van der Waals surface area contributed by atoms with E-state index in [-0.39, 0.29) is 0 Å². The first-order chi connectivity index (χ1) is 10.7. The van der Waals surface area contributed by atoms with Gasteiger partial charge in [-0.1, -0.05) is 25.1 Å². The van der Waals surface area contributed by atoms with Gasteiger partial charge in [-0.3, -0.25) is 4.99 Å². The highest BCUT2D eigenvalue weighted by Gasteiger charge is 2.33. The van der Waals surface area contributed by atoms with Crippen LogP contribution >= 0.6 is 0 Å².